The van der Waals surface area contributed by atoms with E-state index in [2.05, 4.69) is 0 Å². The Balaban J connectivity index is 1.58. The third kappa shape index (κ3) is 4.80. The summed E-state index contributed by atoms with van der Waals surface area (Å²) in [6.07, 6.45) is -5.08. The van der Waals surface area contributed by atoms with Gasteiger partial charge in [-0.2, -0.15) is 13.2 Å². The maximum atomic E-state index is 13.0. The average molecular weight is 441 g/mol. The smallest absolute Gasteiger partial charge is 0.465 e. The van der Waals surface area contributed by atoms with Crippen molar-refractivity contribution in [3.05, 3.63) is 35.4 Å². The van der Waals surface area contributed by atoms with E-state index in [4.69, 9.17) is 0 Å². The number of likely N-dealkylation sites (tertiary alicyclic amines) is 1. The molecule has 0 spiro atoms. The summed E-state index contributed by atoms with van der Waals surface area (Å²) in [5.41, 5.74) is 0.577. The monoisotopic (exact) mass is 441 g/mol. The minimum atomic E-state index is -5.07. The fourth-order valence-corrected chi connectivity index (χ4v) is 4.00. The number of amides is 4. The van der Waals surface area contributed by atoms with E-state index in [1.807, 2.05) is 0 Å². The van der Waals surface area contributed by atoms with Crippen LogP contribution >= 0.6 is 0 Å². The van der Waals surface area contributed by atoms with Gasteiger partial charge in [0.2, 0.25) is 0 Å². The van der Waals surface area contributed by atoms with Crippen LogP contribution in [-0.2, 0) is 4.79 Å². The normalized spacial score (nSPS) is 18.5. The molecule has 0 bridgehead atoms. The molecule has 1 aromatic carbocycles. The number of carboxylic acid groups (broad SMARTS) is 1. The molecule has 168 valence electrons. The molecule has 1 N–H and O–H groups in total. The van der Waals surface area contributed by atoms with Crippen LogP contribution in [0.1, 0.15) is 46.4 Å². The van der Waals surface area contributed by atoms with E-state index < -0.39 is 36.0 Å². The van der Waals surface area contributed by atoms with Crippen molar-refractivity contribution >= 4 is 23.8 Å². The van der Waals surface area contributed by atoms with Gasteiger partial charge in [-0.3, -0.25) is 19.3 Å². The molecule has 1 fully saturated rings. The number of rotatable bonds is 7. The summed E-state index contributed by atoms with van der Waals surface area (Å²) in [5, 5.41) is 9.19. The van der Waals surface area contributed by atoms with Crippen LogP contribution in [0.25, 0.3) is 0 Å². The standard InChI is InChI=1S/C20H22F3N3O5/c21-20(22,23)18(29)24(12-13-6-5-11-25(13)19(30)31)9-3-4-10-26-16(27)14-7-1-2-8-15(14)17(26)28/h1-2,7-8,13H,3-6,9-12H2,(H,30,31). The lowest BCUT2D eigenvalue weighted by atomic mass is 10.1. The Labute approximate surface area is 176 Å². The number of carbonyl (C=O) groups excluding carboxylic acids is 3. The lowest BCUT2D eigenvalue weighted by molar-refractivity contribution is -0.186. The van der Waals surface area contributed by atoms with Gasteiger partial charge in [0.1, 0.15) is 0 Å². The lowest BCUT2D eigenvalue weighted by Crippen LogP contribution is -2.49. The van der Waals surface area contributed by atoms with Crippen LogP contribution in [0.2, 0.25) is 0 Å². The number of hydrogen-bond donors (Lipinski definition) is 1. The summed E-state index contributed by atoms with van der Waals surface area (Å²) in [5.74, 6) is -2.93. The lowest BCUT2D eigenvalue weighted by Gasteiger charge is -2.30. The van der Waals surface area contributed by atoms with Crippen LogP contribution < -0.4 is 0 Å². The minimum Gasteiger partial charge on any atom is -0.465 e. The number of benzene rings is 1. The molecule has 4 amide bonds. The van der Waals surface area contributed by atoms with Crippen molar-refractivity contribution in [1.82, 2.24) is 14.7 Å². The summed E-state index contributed by atoms with van der Waals surface area (Å²) in [4.78, 5) is 50.5. The molecule has 1 aromatic rings. The Hall–Kier alpha value is -3.11. The molecule has 1 saturated heterocycles. The van der Waals surface area contributed by atoms with Gasteiger partial charge in [0.25, 0.3) is 11.8 Å². The largest absolute Gasteiger partial charge is 0.471 e. The Morgan fingerprint density at radius 3 is 2.26 bits per heavy atom. The Kier molecular flexibility index (Phi) is 6.51. The molecule has 8 nitrogen and oxygen atoms in total. The molecule has 0 saturated carbocycles. The predicted octanol–water partition coefficient (Wildman–Crippen LogP) is 2.60. The van der Waals surface area contributed by atoms with Crippen LogP contribution in [0.4, 0.5) is 18.0 Å². The molecule has 11 heteroatoms. The van der Waals surface area contributed by atoms with Gasteiger partial charge in [-0.05, 0) is 37.8 Å². The molecule has 2 heterocycles. The first-order valence-corrected chi connectivity index (χ1v) is 9.92. The van der Waals surface area contributed by atoms with Crippen molar-refractivity contribution in [3.63, 3.8) is 0 Å². The topological polar surface area (TPSA) is 98.2 Å². The molecule has 2 aliphatic heterocycles. The second-order valence-corrected chi connectivity index (χ2v) is 7.54. The number of imide groups is 1. The highest BCUT2D eigenvalue weighted by Gasteiger charge is 2.44. The minimum absolute atomic E-state index is 0.0189. The van der Waals surface area contributed by atoms with E-state index in [0.717, 1.165) is 9.80 Å². The van der Waals surface area contributed by atoms with E-state index in [1.54, 1.807) is 12.1 Å². The molecule has 31 heavy (non-hydrogen) atoms. The first kappa shape index (κ1) is 22.6. The first-order chi connectivity index (χ1) is 14.6. The van der Waals surface area contributed by atoms with Gasteiger partial charge in [0.05, 0.1) is 17.2 Å². The van der Waals surface area contributed by atoms with Crippen molar-refractivity contribution in [3.8, 4) is 0 Å². The summed E-state index contributed by atoms with van der Waals surface area (Å²) in [6.45, 7) is -0.373. The fraction of sp³-hybridized carbons (Fsp3) is 0.500. The van der Waals surface area contributed by atoms with Crippen molar-refractivity contribution in [2.24, 2.45) is 0 Å². The van der Waals surface area contributed by atoms with Crippen LogP contribution in [-0.4, -0.2) is 82.0 Å². The summed E-state index contributed by atoms with van der Waals surface area (Å²) < 4.78 is 39.1. The SMILES string of the molecule is O=C1c2ccccc2C(=O)N1CCCCN(CC1CCCN1C(=O)O)C(=O)C(F)(F)F. The molecular formula is C20H22F3N3O5. The van der Waals surface area contributed by atoms with Crippen LogP contribution in [0, 0.1) is 0 Å². The van der Waals surface area contributed by atoms with Gasteiger partial charge >= 0.3 is 18.2 Å². The summed E-state index contributed by atoms with van der Waals surface area (Å²) >= 11 is 0. The van der Waals surface area contributed by atoms with Crippen molar-refractivity contribution in [2.75, 3.05) is 26.2 Å². The molecule has 1 unspecified atom stereocenters. The second kappa shape index (κ2) is 8.94. The number of nitrogens with zero attached hydrogens (tertiary/aromatic N) is 3. The Morgan fingerprint density at radius 2 is 1.71 bits per heavy atom. The van der Waals surface area contributed by atoms with Crippen molar-refractivity contribution < 1.29 is 37.5 Å². The van der Waals surface area contributed by atoms with E-state index in [1.165, 1.54) is 12.1 Å². The molecular weight excluding hydrogens is 419 g/mol. The number of fused-ring (bicyclic) bond motifs is 1. The van der Waals surface area contributed by atoms with Gasteiger partial charge in [-0.15, -0.1) is 0 Å². The van der Waals surface area contributed by atoms with Gasteiger partial charge in [-0.1, -0.05) is 12.1 Å². The molecule has 3 rings (SSSR count). The Morgan fingerprint density at radius 1 is 1.10 bits per heavy atom. The highest BCUT2D eigenvalue weighted by Crippen LogP contribution is 2.25. The van der Waals surface area contributed by atoms with E-state index in [-0.39, 0.29) is 50.1 Å². The highest BCUT2D eigenvalue weighted by molar-refractivity contribution is 6.21. The molecule has 0 aliphatic carbocycles. The molecule has 2 aliphatic rings. The zero-order valence-electron chi connectivity index (χ0n) is 16.6. The van der Waals surface area contributed by atoms with Crippen molar-refractivity contribution in [2.45, 2.75) is 37.9 Å². The van der Waals surface area contributed by atoms with Gasteiger partial charge < -0.3 is 14.9 Å². The predicted molar refractivity (Wildman–Crippen MR) is 101 cm³/mol. The number of hydrogen-bond acceptors (Lipinski definition) is 4. The van der Waals surface area contributed by atoms with E-state index in [9.17, 15) is 37.5 Å². The highest BCUT2D eigenvalue weighted by atomic mass is 19.4. The first-order valence-electron chi connectivity index (χ1n) is 9.92. The quantitative estimate of drug-likeness (QED) is 0.518. The number of carbonyl (C=O) groups is 4. The van der Waals surface area contributed by atoms with E-state index >= 15 is 0 Å². The Bertz CT molecular complexity index is 854. The van der Waals surface area contributed by atoms with Gasteiger partial charge in [-0.25, -0.2) is 4.79 Å². The molecule has 0 radical (unpaired) electrons. The van der Waals surface area contributed by atoms with Gasteiger partial charge in [0.15, 0.2) is 0 Å². The van der Waals surface area contributed by atoms with Gasteiger partial charge in [0, 0.05) is 26.2 Å². The molecule has 1 atom stereocenters. The van der Waals surface area contributed by atoms with Crippen LogP contribution in [0.5, 0.6) is 0 Å². The molecule has 0 aromatic heterocycles. The fourth-order valence-electron chi connectivity index (χ4n) is 4.00. The summed E-state index contributed by atoms with van der Waals surface area (Å²) in [7, 11) is 0. The number of alkyl halides is 3. The van der Waals surface area contributed by atoms with E-state index in [0.29, 0.717) is 17.7 Å². The summed E-state index contributed by atoms with van der Waals surface area (Å²) in [6, 6.07) is 5.65. The number of unbranched alkanes of at least 4 members (excludes halogenated alkanes) is 1. The van der Waals surface area contributed by atoms with Crippen LogP contribution in [0.15, 0.2) is 24.3 Å². The third-order valence-corrected chi connectivity index (χ3v) is 5.52. The maximum Gasteiger partial charge on any atom is 0.471 e. The zero-order chi connectivity index (χ0) is 22.8. The third-order valence-electron chi connectivity index (χ3n) is 5.52. The van der Waals surface area contributed by atoms with Crippen LogP contribution in [0.3, 0.4) is 0 Å². The zero-order valence-corrected chi connectivity index (χ0v) is 16.6. The van der Waals surface area contributed by atoms with Crippen molar-refractivity contribution in [1.29, 1.82) is 0 Å². The maximum absolute atomic E-state index is 13.0. The number of halogens is 3. The average Bonchev–Trinajstić information content (AvgIpc) is 3.27. The second-order valence-electron chi connectivity index (χ2n) is 7.54.